The maximum Gasteiger partial charge on any atom is 0.198 e. The van der Waals surface area contributed by atoms with Crippen molar-refractivity contribution in [3.8, 4) is 11.6 Å². The van der Waals surface area contributed by atoms with Crippen molar-refractivity contribution in [2.45, 2.75) is 26.9 Å². The van der Waals surface area contributed by atoms with E-state index in [-0.39, 0.29) is 0 Å². The molecule has 5 nitrogen and oxygen atoms in total. The number of nitrogens with zero attached hydrogens (tertiary/aromatic N) is 2. The number of anilines is 1. The first kappa shape index (κ1) is 15.2. The maximum atomic E-state index is 5.61. The molecule has 2 heterocycles. The van der Waals surface area contributed by atoms with Crippen LogP contribution in [0, 0.1) is 10.5 Å². The minimum Gasteiger partial charge on any atom is -0.458 e. The zero-order valence-corrected chi connectivity index (χ0v) is 14.0. The molecule has 2 aromatic rings. The number of rotatable bonds is 6. The molecule has 0 spiro atoms. The molecule has 0 amide bonds. The minimum absolute atomic E-state index is 0.453. The van der Waals surface area contributed by atoms with Crippen molar-refractivity contribution in [2.75, 3.05) is 19.0 Å². The average Bonchev–Trinajstić information content (AvgIpc) is 2.86. The fourth-order valence-corrected chi connectivity index (χ4v) is 2.34. The van der Waals surface area contributed by atoms with E-state index in [2.05, 4.69) is 44.8 Å². The molecule has 0 fully saturated rings. The summed E-state index contributed by atoms with van der Waals surface area (Å²) >= 11 is 2.25. The first-order chi connectivity index (χ1) is 9.65. The van der Waals surface area contributed by atoms with Crippen LogP contribution in [0.25, 0.3) is 11.6 Å². The lowest BCUT2D eigenvalue weighted by molar-refractivity contribution is 0.181. The quantitative estimate of drug-likeness (QED) is 0.768. The molecule has 0 saturated carbocycles. The Balaban J connectivity index is 2.43. The molecule has 0 bridgehead atoms. The van der Waals surface area contributed by atoms with Crippen LogP contribution in [0.1, 0.15) is 24.8 Å². The number of aryl methyl sites for hydroxylation is 1. The Morgan fingerprint density at radius 3 is 2.75 bits per heavy atom. The summed E-state index contributed by atoms with van der Waals surface area (Å²) in [6, 6.07) is 3.80. The normalized spacial score (nSPS) is 10.8. The fraction of sp³-hybridized carbons (Fsp3) is 0.429. The van der Waals surface area contributed by atoms with Crippen LogP contribution in [0.3, 0.4) is 0 Å². The Morgan fingerprint density at radius 1 is 1.35 bits per heavy atom. The van der Waals surface area contributed by atoms with Crippen LogP contribution in [-0.2, 0) is 11.3 Å². The molecule has 108 valence electrons. The summed E-state index contributed by atoms with van der Waals surface area (Å²) in [5.74, 6) is 2.94. The van der Waals surface area contributed by atoms with E-state index >= 15 is 0 Å². The van der Waals surface area contributed by atoms with Crippen molar-refractivity contribution in [1.82, 2.24) is 9.97 Å². The largest absolute Gasteiger partial charge is 0.458 e. The number of methoxy groups -OCH3 is 1. The summed E-state index contributed by atoms with van der Waals surface area (Å²) in [6.07, 6.45) is 1.04. The Kier molecular flexibility index (Phi) is 5.36. The van der Waals surface area contributed by atoms with Gasteiger partial charge in [0.2, 0.25) is 0 Å². The lowest BCUT2D eigenvalue weighted by Crippen LogP contribution is -2.09. The molecule has 1 N–H and O–H groups in total. The van der Waals surface area contributed by atoms with Gasteiger partial charge in [0, 0.05) is 13.7 Å². The summed E-state index contributed by atoms with van der Waals surface area (Å²) in [6.45, 7) is 5.35. The van der Waals surface area contributed by atoms with Crippen molar-refractivity contribution in [3.63, 3.8) is 0 Å². The van der Waals surface area contributed by atoms with Crippen LogP contribution in [0.5, 0.6) is 0 Å². The molecule has 0 aliphatic heterocycles. The fourth-order valence-electron chi connectivity index (χ4n) is 1.75. The number of aromatic nitrogens is 2. The number of nitrogens with one attached hydrogen (secondary N) is 1. The van der Waals surface area contributed by atoms with Gasteiger partial charge in [0.05, 0.1) is 15.9 Å². The molecule has 0 atom stereocenters. The first-order valence-electron chi connectivity index (χ1n) is 6.51. The Labute approximate surface area is 132 Å². The second kappa shape index (κ2) is 7.03. The van der Waals surface area contributed by atoms with Crippen molar-refractivity contribution in [2.24, 2.45) is 0 Å². The highest BCUT2D eigenvalue weighted by Gasteiger charge is 2.15. The van der Waals surface area contributed by atoms with Gasteiger partial charge in [0.25, 0.3) is 0 Å². The zero-order chi connectivity index (χ0) is 14.5. The highest BCUT2D eigenvalue weighted by atomic mass is 127. The minimum atomic E-state index is 0.453. The molecule has 6 heteroatoms. The third kappa shape index (κ3) is 3.49. The standard InChI is InChI=1S/C14H18IN3O2/c1-4-7-16-14-12(15)10(8-19-3)17-13(18-14)11-6-5-9(2)20-11/h5-6H,4,7-8H2,1-3H3,(H,16,17,18). The zero-order valence-electron chi connectivity index (χ0n) is 11.9. The highest BCUT2D eigenvalue weighted by Crippen LogP contribution is 2.25. The lowest BCUT2D eigenvalue weighted by Gasteiger charge is -2.11. The first-order valence-corrected chi connectivity index (χ1v) is 7.59. The van der Waals surface area contributed by atoms with E-state index in [1.165, 1.54) is 0 Å². The summed E-state index contributed by atoms with van der Waals surface area (Å²) < 4.78 is 11.8. The molecule has 0 aromatic carbocycles. The van der Waals surface area contributed by atoms with Crippen molar-refractivity contribution in [3.05, 3.63) is 27.2 Å². The van der Waals surface area contributed by atoms with E-state index in [1.54, 1.807) is 7.11 Å². The van der Waals surface area contributed by atoms with Gasteiger partial charge in [-0.2, -0.15) is 0 Å². The lowest BCUT2D eigenvalue weighted by atomic mass is 10.3. The van der Waals surface area contributed by atoms with Crippen molar-refractivity contribution >= 4 is 28.4 Å². The van der Waals surface area contributed by atoms with E-state index in [9.17, 15) is 0 Å². The van der Waals surface area contributed by atoms with Gasteiger partial charge in [-0.15, -0.1) is 0 Å². The molecule has 0 unspecified atom stereocenters. The van der Waals surface area contributed by atoms with E-state index in [0.29, 0.717) is 18.2 Å². The highest BCUT2D eigenvalue weighted by molar-refractivity contribution is 14.1. The van der Waals surface area contributed by atoms with Crippen molar-refractivity contribution < 1.29 is 9.15 Å². The van der Waals surface area contributed by atoms with Crippen LogP contribution >= 0.6 is 22.6 Å². The number of ether oxygens (including phenoxy) is 1. The predicted octanol–water partition coefficient (Wildman–Crippen LogP) is 3.62. The Morgan fingerprint density at radius 2 is 2.15 bits per heavy atom. The van der Waals surface area contributed by atoms with Gasteiger partial charge < -0.3 is 14.5 Å². The maximum absolute atomic E-state index is 5.61. The topological polar surface area (TPSA) is 60.2 Å². The Bertz CT molecular complexity index is 584. The number of hydrogen-bond acceptors (Lipinski definition) is 5. The van der Waals surface area contributed by atoms with Crippen LogP contribution in [-0.4, -0.2) is 23.6 Å². The van der Waals surface area contributed by atoms with Crippen LogP contribution in [0.2, 0.25) is 0 Å². The monoisotopic (exact) mass is 387 g/mol. The summed E-state index contributed by atoms with van der Waals surface area (Å²) in [7, 11) is 1.66. The second-order valence-electron chi connectivity index (χ2n) is 4.43. The molecule has 0 aliphatic rings. The van der Waals surface area contributed by atoms with Gasteiger partial charge in [-0.05, 0) is 48.1 Å². The molecule has 20 heavy (non-hydrogen) atoms. The average molecular weight is 387 g/mol. The smallest absolute Gasteiger partial charge is 0.198 e. The van der Waals surface area contributed by atoms with Crippen molar-refractivity contribution in [1.29, 1.82) is 0 Å². The van der Waals surface area contributed by atoms with Gasteiger partial charge in [0.1, 0.15) is 11.6 Å². The van der Waals surface area contributed by atoms with Gasteiger partial charge >= 0.3 is 0 Å². The van der Waals surface area contributed by atoms with E-state index in [0.717, 1.165) is 33.8 Å². The number of halogens is 1. The third-order valence-corrected chi connectivity index (χ3v) is 3.84. The van der Waals surface area contributed by atoms with Crippen LogP contribution < -0.4 is 5.32 Å². The molecular weight excluding hydrogens is 369 g/mol. The van der Waals surface area contributed by atoms with Gasteiger partial charge in [-0.25, -0.2) is 9.97 Å². The third-order valence-electron chi connectivity index (χ3n) is 2.70. The van der Waals surface area contributed by atoms with Gasteiger partial charge in [-0.1, -0.05) is 6.92 Å². The van der Waals surface area contributed by atoms with Crippen LogP contribution in [0.15, 0.2) is 16.5 Å². The molecule has 0 saturated heterocycles. The molecular formula is C14H18IN3O2. The predicted molar refractivity (Wildman–Crippen MR) is 86.7 cm³/mol. The molecule has 0 radical (unpaired) electrons. The van der Waals surface area contributed by atoms with Gasteiger partial charge in [0.15, 0.2) is 11.6 Å². The number of furan rings is 1. The Hall–Kier alpha value is -1.15. The van der Waals surface area contributed by atoms with E-state index in [1.807, 2.05) is 19.1 Å². The van der Waals surface area contributed by atoms with E-state index < -0.39 is 0 Å². The SMILES string of the molecule is CCCNc1nc(-c2ccc(C)o2)nc(COC)c1I. The molecule has 0 aliphatic carbocycles. The van der Waals surface area contributed by atoms with Gasteiger partial charge in [-0.3, -0.25) is 0 Å². The summed E-state index contributed by atoms with van der Waals surface area (Å²) in [5, 5.41) is 3.32. The summed E-state index contributed by atoms with van der Waals surface area (Å²) in [5.41, 5.74) is 0.866. The summed E-state index contributed by atoms with van der Waals surface area (Å²) in [4.78, 5) is 9.09. The van der Waals surface area contributed by atoms with E-state index in [4.69, 9.17) is 9.15 Å². The molecule has 2 aromatic heterocycles. The molecule has 2 rings (SSSR count). The van der Waals surface area contributed by atoms with Crippen LogP contribution in [0.4, 0.5) is 5.82 Å². The second-order valence-corrected chi connectivity index (χ2v) is 5.51. The number of hydrogen-bond donors (Lipinski definition) is 1.